The van der Waals surface area contributed by atoms with Gasteiger partial charge in [-0.1, -0.05) is 18.2 Å². The lowest BCUT2D eigenvalue weighted by Gasteiger charge is -2.41. The van der Waals surface area contributed by atoms with E-state index in [0.717, 1.165) is 19.4 Å². The fraction of sp³-hybridized carbons (Fsp3) is 0.533. The molecule has 1 fully saturated rings. The van der Waals surface area contributed by atoms with E-state index in [2.05, 4.69) is 29.2 Å². The van der Waals surface area contributed by atoms with Crippen LogP contribution >= 0.6 is 0 Å². The molecule has 0 radical (unpaired) electrons. The second-order valence-corrected chi connectivity index (χ2v) is 5.43. The van der Waals surface area contributed by atoms with Crippen LogP contribution in [0.5, 0.6) is 0 Å². The highest BCUT2D eigenvalue weighted by Crippen LogP contribution is 2.31. The SMILES string of the molecule is O=C(O)N1CCC(N2CCCc3ccccc32)CC1. The van der Waals surface area contributed by atoms with Crippen molar-refractivity contribution in [2.24, 2.45) is 0 Å². The number of hydrogen-bond acceptors (Lipinski definition) is 2. The van der Waals surface area contributed by atoms with Crippen LogP contribution in [0.2, 0.25) is 0 Å². The average Bonchev–Trinajstić information content (AvgIpc) is 2.47. The van der Waals surface area contributed by atoms with E-state index in [0.29, 0.717) is 19.1 Å². The smallest absolute Gasteiger partial charge is 0.407 e. The number of benzene rings is 1. The molecular formula is C15H20N2O2. The highest BCUT2D eigenvalue weighted by Gasteiger charge is 2.28. The van der Waals surface area contributed by atoms with Gasteiger partial charge in [0.2, 0.25) is 0 Å². The first kappa shape index (κ1) is 12.3. The Labute approximate surface area is 113 Å². The van der Waals surface area contributed by atoms with E-state index in [-0.39, 0.29) is 0 Å². The quantitative estimate of drug-likeness (QED) is 0.844. The number of hydrogen-bond donors (Lipinski definition) is 1. The van der Waals surface area contributed by atoms with E-state index in [4.69, 9.17) is 5.11 Å². The summed E-state index contributed by atoms with van der Waals surface area (Å²) in [6.45, 7) is 2.44. The van der Waals surface area contributed by atoms with Gasteiger partial charge in [-0.15, -0.1) is 0 Å². The molecule has 0 atom stereocenters. The standard InChI is InChI=1S/C15H20N2O2/c18-15(19)16-10-7-13(8-11-16)17-9-3-5-12-4-1-2-6-14(12)17/h1-2,4,6,13H,3,5,7-11H2,(H,18,19). The number of likely N-dealkylation sites (tertiary alicyclic amines) is 1. The molecule has 0 bridgehead atoms. The van der Waals surface area contributed by atoms with Gasteiger partial charge in [-0.2, -0.15) is 0 Å². The van der Waals surface area contributed by atoms with Crippen molar-refractivity contribution in [3.63, 3.8) is 0 Å². The highest BCUT2D eigenvalue weighted by atomic mass is 16.4. The fourth-order valence-electron chi connectivity index (χ4n) is 3.31. The van der Waals surface area contributed by atoms with Gasteiger partial charge in [0, 0.05) is 31.4 Å². The van der Waals surface area contributed by atoms with Gasteiger partial charge in [0.1, 0.15) is 0 Å². The molecule has 19 heavy (non-hydrogen) atoms. The van der Waals surface area contributed by atoms with Crippen molar-refractivity contribution in [1.29, 1.82) is 0 Å². The van der Waals surface area contributed by atoms with Crippen molar-refractivity contribution >= 4 is 11.8 Å². The summed E-state index contributed by atoms with van der Waals surface area (Å²) in [7, 11) is 0. The molecule has 1 N–H and O–H groups in total. The molecule has 0 spiro atoms. The van der Waals surface area contributed by atoms with E-state index in [1.54, 1.807) is 0 Å². The van der Waals surface area contributed by atoms with Gasteiger partial charge in [0.25, 0.3) is 0 Å². The number of aryl methyl sites for hydroxylation is 1. The zero-order valence-electron chi connectivity index (χ0n) is 11.1. The summed E-state index contributed by atoms with van der Waals surface area (Å²) in [5.41, 5.74) is 2.80. The molecule has 1 aromatic carbocycles. The lowest BCUT2D eigenvalue weighted by molar-refractivity contribution is 0.131. The minimum Gasteiger partial charge on any atom is -0.465 e. The fourth-order valence-corrected chi connectivity index (χ4v) is 3.31. The second kappa shape index (κ2) is 5.11. The van der Waals surface area contributed by atoms with Crippen LogP contribution in [-0.2, 0) is 6.42 Å². The third-order valence-electron chi connectivity index (χ3n) is 4.32. The van der Waals surface area contributed by atoms with Crippen molar-refractivity contribution in [3.8, 4) is 0 Å². The Morgan fingerprint density at radius 1 is 1.16 bits per heavy atom. The summed E-state index contributed by atoms with van der Waals surface area (Å²) in [6.07, 6.45) is 3.48. The van der Waals surface area contributed by atoms with Crippen molar-refractivity contribution < 1.29 is 9.90 Å². The van der Waals surface area contributed by atoms with Crippen LogP contribution in [0.3, 0.4) is 0 Å². The van der Waals surface area contributed by atoms with Gasteiger partial charge >= 0.3 is 6.09 Å². The first-order chi connectivity index (χ1) is 9.25. The molecule has 1 saturated heterocycles. The number of para-hydroxylation sites is 1. The summed E-state index contributed by atoms with van der Waals surface area (Å²) in [5, 5.41) is 9.00. The van der Waals surface area contributed by atoms with Gasteiger partial charge in [0.05, 0.1) is 0 Å². The Hall–Kier alpha value is -1.71. The van der Waals surface area contributed by atoms with Crippen molar-refractivity contribution in [2.45, 2.75) is 31.7 Å². The Morgan fingerprint density at radius 3 is 2.63 bits per heavy atom. The number of fused-ring (bicyclic) bond motifs is 1. The molecule has 1 amide bonds. The third kappa shape index (κ3) is 2.39. The molecule has 0 unspecified atom stereocenters. The van der Waals surface area contributed by atoms with E-state index in [1.807, 2.05) is 0 Å². The number of carbonyl (C=O) groups is 1. The molecule has 4 nitrogen and oxygen atoms in total. The summed E-state index contributed by atoms with van der Waals surface area (Å²) < 4.78 is 0. The maximum atomic E-state index is 10.9. The lowest BCUT2D eigenvalue weighted by atomic mass is 9.96. The molecule has 3 rings (SSSR count). The highest BCUT2D eigenvalue weighted by molar-refractivity contribution is 5.65. The molecule has 2 aliphatic heterocycles. The average molecular weight is 260 g/mol. The molecule has 1 aromatic rings. The summed E-state index contributed by atoms with van der Waals surface area (Å²) >= 11 is 0. The van der Waals surface area contributed by atoms with Crippen LogP contribution in [0.25, 0.3) is 0 Å². The van der Waals surface area contributed by atoms with E-state index in [9.17, 15) is 4.79 Å². The van der Waals surface area contributed by atoms with Crippen molar-refractivity contribution in [2.75, 3.05) is 24.5 Å². The first-order valence-electron chi connectivity index (χ1n) is 7.08. The van der Waals surface area contributed by atoms with Crippen LogP contribution in [0.1, 0.15) is 24.8 Å². The van der Waals surface area contributed by atoms with Crippen molar-refractivity contribution in [3.05, 3.63) is 29.8 Å². The molecule has 0 aromatic heterocycles. The number of rotatable bonds is 1. The Kier molecular flexibility index (Phi) is 3.32. The number of anilines is 1. The third-order valence-corrected chi connectivity index (χ3v) is 4.32. The number of amides is 1. The topological polar surface area (TPSA) is 43.8 Å². The summed E-state index contributed by atoms with van der Waals surface area (Å²) in [4.78, 5) is 15.0. The summed E-state index contributed by atoms with van der Waals surface area (Å²) in [6, 6.07) is 9.13. The second-order valence-electron chi connectivity index (χ2n) is 5.43. The van der Waals surface area contributed by atoms with Gasteiger partial charge in [-0.3, -0.25) is 0 Å². The van der Waals surface area contributed by atoms with Gasteiger partial charge in [-0.05, 0) is 37.3 Å². The normalized spacial score (nSPS) is 20.2. The molecule has 2 heterocycles. The van der Waals surface area contributed by atoms with Crippen LogP contribution in [-0.4, -0.2) is 41.8 Å². The molecule has 0 aliphatic carbocycles. The number of carboxylic acid groups (broad SMARTS) is 1. The minimum atomic E-state index is -0.780. The van der Waals surface area contributed by atoms with Gasteiger partial charge in [-0.25, -0.2) is 4.79 Å². The van der Waals surface area contributed by atoms with E-state index in [1.165, 1.54) is 29.0 Å². The van der Waals surface area contributed by atoms with Crippen LogP contribution in [0.4, 0.5) is 10.5 Å². The van der Waals surface area contributed by atoms with E-state index < -0.39 is 6.09 Å². The lowest BCUT2D eigenvalue weighted by Crippen LogP contribution is -2.48. The molecule has 0 saturated carbocycles. The zero-order valence-corrected chi connectivity index (χ0v) is 11.1. The predicted octanol–water partition coefficient (Wildman–Crippen LogP) is 2.58. The molecule has 102 valence electrons. The van der Waals surface area contributed by atoms with Gasteiger partial charge in [0.15, 0.2) is 0 Å². The Bertz CT molecular complexity index is 467. The maximum Gasteiger partial charge on any atom is 0.407 e. The van der Waals surface area contributed by atoms with Crippen LogP contribution in [0.15, 0.2) is 24.3 Å². The molecule has 2 aliphatic rings. The van der Waals surface area contributed by atoms with E-state index >= 15 is 0 Å². The minimum absolute atomic E-state index is 0.497. The molecular weight excluding hydrogens is 240 g/mol. The number of nitrogens with zero attached hydrogens (tertiary/aromatic N) is 2. The van der Waals surface area contributed by atoms with Crippen LogP contribution < -0.4 is 4.90 Å². The first-order valence-corrected chi connectivity index (χ1v) is 7.08. The zero-order chi connectivity index (χ0) is 13.2. The van der Waals surface area contributed by atoms with Crippen molar-refractivity contribution in [1.82, 2.24) is 4.90 Å². The monoisotopic (exact) mass is 260 g/mol. The maximum absolute atomic E-state index is 10.9. The largest absolute Gasteiger partial charge is 0.465 e. The Balaban J connectivity index is 1.73. The Morgan fingerprint density at radius 2 is 1.89 bits per heavy atom. The molecule has 4 heteroatoms. The predicted molar refractivity (Wildman–Crippen MR) is 74.7 cm³/mol. The number of piperidine rings is 1. The summed E-state index contributed by atoms with van der Waals surface area (Å²) in [5.74, 6) is 0. The van der Waals surface area contributed by atoms with Gasteiger partial charge < -0.3 is 14.9 Å². The van der Waals surface area contributed by atoms with Crippen LogP contribution in [0, 0.1) is 0 Å².